The molecule has 0 bridgehead atoms. The summed E-state index contributed by atoms with van der Waals surface area (Å²) in [5.74, 6) is -1.26. The van der Waals surface area contributed by atoms with Crippen LogP contribution >= 0.6 is 12.4 Å². The van der Waals surface area contributed by atoms with Crippen molar-refractivity contribution in [3.05, 3.63) is 35.1 Å². The second-order valence-electron chi connectivity index (χ2n) is 3.96. The predicted molar refractivity (Wildman–Crippen MR) is 60.9 cm³/mol. The van der Waals surface area contributed by atoms with E-state index in [1.54, 1.807) is 0 Å². The first kappa shape index (κ1) is 19.0. The molecule has 0 saturated carbocycles. The number of rotatable bonds is 3. The van der Waals surface area contributed by atoms with Crippen LogP contribution in [0.2, 0.25) is 0 Å². The molecule has 0 aliphatic rings. The molecule has 0 aliphatic carbocycles. The van der Waals surface area contributed by atoms with Crippen LogP contribution in [0, 0.1) is 5.82 Å². The van der Waals surface area contributed by atoms with Crippen LogP contribution in [0.1, 0.15) is 30.0 Å². The first-order valence-corrected chi connectivity index (χ1v) is 5.20. The molecule has 0 radical (unpaired) electrons. The van der Waals surface area contributed by atoms with Crippen molar-refractivity contribution >= 4 is 12.4 Å². The Hall–Kier alpha value is -1.02. The van der Waals surface area contributed by atoms with Gasteiger partial charge in [0.25, 0.3) is 0 Å². The lowest BCUT2D eigenvalue weighted by molar-refractivity contribution is -0.139. The first-order valence-electron chi connectivity index (χ1n) is 5.20. The minimum atomic E-state index is -4.87. The van der Waals surface area contributed by atoms with Crippen LogP contribution in [-0.4, -0.2) is 6.18 Å². The van der Waals surface area contributed by atoms with Gasteiger partial charge in [-0.05, 0) is 18.6 Å². The minimum absolute atomic E-state index is 0. The summed E-state index contributed by atoms with van der Waals surface area (Å²) in [5.41, 5.74) is 2.98. The van der Waals surface area contributed by atoms with Gasteiger partial charge in [0.15, 0.2) is 0 Å². The Balaban J connectivity index is 0.00000361. The average Bonchev–Trinajstić information content (AvgIpc) is 2.23. The van der Waals surface area contributed by atoms with Crippen molar-refractivity contribution in [2.24, 2.45) is 5.73 Å². The van der Waals surface area contributed by atoms with E-state index in [4.69, 9.17) is 5.73 Å². The highest BCUT2D eigenvalue weighted by Crippen LogP contribution is 2.37. The number of benzene rings is 1. The molecule has 0 aliphatic heterocycles. The summed E-state index contributed by atoms with van der Waals surface area (Å²) < 4.78 is 87.2. The summed E-state index contributed by atoms with van der Waals surface area (Å²) in [6, 6.07) is 0.488. The van der Waals surface area contributed by atoms with Gasteiger partial charge in [0, 0.05) is 18.0 Å². The molecule has 1 nitrogen and oxygen atoms in total. The number of halogens is 8. The summed E-state index contributed by atoms with van der Waals surface area (Å²) >= 11 is 0. The lowest BCUT2D eigenvalue weighted by atomic mass is 9.96. The van der Waals surface area contributed by atoms with Gasteiger partial charge in [0.2, 0.25) is 0 Å². The summed E-state index contributed by atoms with van der Waals surface area (Å²) in [5, 5.41) is 0. The maximum atomic E-state index is 13.4. The normalized spacial score (nSPS) is 13.8. The number of hydrogen-bond acceptors (Lipinski definition) is 1. The summed E-state index contributed by atoms with van der Waals surface area (Å²) in [7, 11) is 0. The molecule has 0 saturated heterocycles. The van der Waals surface area contributed by atoms with Crippen LogP contribution in [0.4, 0.5) is 30.7 Å². The molecule has 0 unspecified atom stereocenters. The maximum Gasteiger partial charge on any atom is 0.416 e. The van der Waals surface area contributed by atoms with E-state index >= 15 is 0 Å². The predicted octanol–water partition coefficient (Wildman–Crippen LogP) is 4.61. The highest BCUT2D eigenvalue weighted by atomic mass is 35.5. The second-order valence-corrected chi connectivity index (χ2v) is 3.96. The van der Waals surface area contributed by atoms with Gasteiger partial charge in [-0.15, -0.1) is 12.4 Å². The fraction of sp³-hybridized carbons (Fsp3) is 0.455. The second kappa shape index (κ2) is 6.62. The van der Waals surface area contributed by atoms with Crippen molar-refractivity contribution in [2.75, 3.05) is 0 Å². The van der Waals surface area contributed by atoms with E-state index in [-0.39, 0.29) is 12.4 Å². The minimum Gasteiger partial charge on any atom is -0.324 e. The van der Waals surface area contributed by atoms with E-state index in [2.05, 4.69) is 0 Å². The van der Waals surface area contributed by atoms with Crippen molar-refractivity contribution in [2.45, 2.75) is 31.2 Å². The Morgan fingerprint density at radius 2 is 1.60 bits per heavy atom. The highest BCUT2D eigenvalue weighted by molar-refractivity contribution is 5.85. The smallest absolute Gasteiger partial charge is 0.324 e. The number of nitrogens with two attached hydrogens (primary N) is 1. The van der Waals surface area contributed by atoms with Crippen molar-refractivity contribution < 1.29 is 30.7 Å². The summed E-state index contributed by atoms with van der Waals surface area (Å²) in [6.45, 7) is 0. The molecule has 0 spiro atoms. The Morgan fingerprint density at radius 1 is 1.05 bits per heavy atom. The summed E-state index contributed by atoms with van der Waals surface area (Å²) in [6.07, 6.45) is -11.6. The third kappa shape index (κ3) is 5.16. The lowest BCUT2D eigenvalue weighted by Crippen LogP contribution is -2.21. The fourth-order valence-electron chi connectivity index (χ4n) is 1.62. The first-order chi connectivity index (χ1) is 8.52. The van der Waals surface area contributed by atoms with Gasteiger partial charge in [-0.1, -0.05) is 6.07 Å². The third-order valence-corrected chi connectivity index (χ3v) is 2.47. The average molecular weight is 326 g/mol. The maximum absolute atomic E-state index is 13.4. The standard InChI is InChI=1S/C11H10F7N.ClH/c12-7-3-1-2-6(11(16,17)18)9(7)8(19)4-5-10(13,14)15;/h1-3,8H,4-5,19H2;1H/t8-;/m1./s1. The molecular weight excluding hydrogens is 315 g/mol. The molecule has 1 aromatic carbocycles. The topological polar surface area (TPSA) is 26.0 Å². The molecule has 0 amide bonds. The van der Waals surface area contributed by atoms with E-state index in [0.717, 1.165) is 12.1 Å². The number of hydrogen-bond donors (Lipinski definition) is 1. The molecule has 0 heterocycles. The van der Waals surface area contributed by atoms with E-state index in [0.29, 0.717) is 6.07 Å². The molecule has 1 atom stereocenters. The highest BCUT2D eigenvalue weighted by Gasteiger charge is 2.37. The molecular formula is C11H11ClF7N. The largest absolute Gasteiger partial charge is 0.416 e. The van der Waals surface area contributed by atoms with Gasteiger partial charge in [0.1, 0.15) is 5.82 Å². The third-order valence-electron chi connectivity index (χ3n) is 2.47. The van der Waals surface area contributed by atoms with E-state index in [1.165, 1.54) is 0 Å². The fourth-order valence-corrected chi connectivity index (χ4v) is 1.62. The Kier molecular flexibility index (Phi) is 6.28. The van der Waals surface area contributed by atoms with Gasteiger partial charge >= 0.3 is 12.4 Å². The van der Waals surface area contributed by atoms with Crippen molar-refractivity contribution in [1.82, 2.24) is 0 Å². The molecule has 1 aromatic rings. The lowest BCUT2D eigenvalue weighted by Gasteiger charge is -2.19. The van der Waals surface area contributed by atoms with Crippen molar-refractivity contribution in [3.8, 4) is 0 Å². The number of alkyl halides is 6. The van der Waals surface area contributed by atoms with E-state index < -0.39 is 48.2 Å². The van der Waals surface area contributed by atoms with Gasteiger partial charge in [0.05, 0.1) is 5.56 Å². The molecule has 1 rings (SSSR count). The Labute approximate surface area is 116 Å². The van der Waals surface area contributed by atoms with E-state index in [1.807, 2.05) is 0 Å². The Bertz CT molecular complexity index is 441. The summed E-state index contributed by atoms with van der Waals surface area (Å²) in [4.78, 5) is 0. The van der Waals surface area contributed by atoms with Crippen LogP contribution in [-0.2, 0) is 6.18 Å². The van der Waals surface area contributed by atoms with Gasteiger partial charge in [-0.25, -0.2) is 4.39 Å². The van der Waals surface area contributed by atoms with Crippen molar-refractivity contribution in [3.63, 3.8) is 0 Å². The zero-order valence-electron chi connectivity index (χ0n) is 9.85. The monoisotopic (exact) mass is 325 g/mol. The zero-order valence-corrected chi connectivity index (χ0v) is 10.7. The van der Waals surface area contributed by atoms with Crippen LogP contribution in [0.3, 0.4) is 0 Å². The molecule has 9 heteroatoms. The Morgan fingerprint density at radius 3 is 2.05 bits per heavy atom. The zero-order chi connectivity index (χ0) is 14.8. The molecule has 0 fully saturated rings. The van der Waals surface area contributed by atoms with Crippen LogP contribution in [0.15, 0.2) is 18.2 Å². The SMILES string of the molecule is Cl.N[C@H](CCC(F)(F)F)c1c(F)cccc1C(F)(F)F. The molecule has 20 heavy (non-hydrogen) atoms. The van der Waals surface area contributed by atoms with Crippen molar-refractivity contribution in [1.29, 1.82) is 0 Å². The van der Waals surface area contributed by atoms with Crippen LogP contribution < -0.4 is 5.73 Å². The molecule has 116 valence electrons. The molecule has 0 aromatic heterocycles. The van der Waals surface area contributed by atoms with Crippen LogP contribution in [0.5, 0.6) is 0 Å². The van der Waals surface area contributed by atoms with Crippen LogP contribution in [0.25, 0.3) is 0 Å². The van der Waals surface area contributed by atoms with Gasteiger partial charge in [-0.2, -0.15) is 26.3 Å². The quantitative estimate of drug-likeness (QED) is 0.807. The van der Waals surface area contributed by atoms with E-state index in [9.17, 15) is 30.7 Å². The molecule has 2 N–H and O–H groups in total. The van der Waals surface area contributed by atoms with Gasteiger partial charge < -0.3 is 5.73 Å². The van der Waals surface area contributed by atoms with Gasteiger partial charge in [-0.3, -0.25) is 0 Å².